The largest absolute Gasteiger partial charge is 0.381 e. The minimum Gasteiger partial charge on any atom is -0.381 e. The molecule has 0 aliphatic carbocycles. The van der Waals surface area contributed by atoms with Crippen molar-refractivity contribution in [2.45, 2.75) is 52.4 Å². The molecule has 0 atom stereocenters. The third kappa shape index (κ3) is 21.1. The highest BCUT2D eigenvalue weighted by atomic mass is 16.5. The van der Waals surface area contributed by atoms with Gasteiger partial charge in [-0.05, 0) is 25.7 Å². The molecule has 166 valence electrons. The Labute approximate surface area is 170 Å². The summed E-state index contributed by atoms with van der Waals surface area (Å²) >= 11 is 0. The lowest BCUT2D eigenvalue weighted by atomic mass is 10.3. The van der Waals surface area contributed by atoms with Gasteiger partial charge in [0.05, 0.1) is 13.2 Å². The van der Waals surface area contributed by atoms with Crippen LogP contribution in [0, 0.1) is 0 Å². The zero-order valence-corrected chi connectivity index (χ0v) is 17.8. The Hall–Kier alpha value is -1.22. The normalized spacial score (nSPS) is 10.8. The zero-order valence-electron chi connectivity index (χ0n) is 17.8. The van der Waals surface area contributed by atoms with E-state index in [0.29, 0.717) is 26.3 Å². The van der Waals surface area contributed by atoms with Crippen molar-refractivity contribution < 1.29 is 28.5 Å². The Morgan fingerprint density at radius 1 is 0.571 bits per heavy atom. The molecule has 0 spiro atoms. The second-order valence-corrected chi connectivity index (χ2v) is 6.44. The van der Waals surface area contributed by atoms with E-state index in [9.17, 15) is 9.59 Å². The van der Waals surface area contributed by atoms with E-state index >= 15 is 0 Å². The lowest BCUT2D eigenvalue weighted by Gasteiger charge is -2.08. The number of ether oxygens (including phenoxy) is 4. The maximum atomic E-state index is 11.6. The lowest BCUT2D eigenvalue weighted by Crippen LogP contribution is -2.31. The summed E-state index contributed by atoms with van der Waals surface area (Å²) in [4.78, 5) is 23.1. The second-order valence-electron chi connectivity index (χ2n) is 6.44. The van der Waals surface area contributed by atoms with Crippen LogP contribution in [0.5, 0.6) is 0 Å². The molecular formula is C20H40N2O6. The van der Waals surface area contributed by atoms with Crippen molar-refractivity contribution in [1.29, 1.82) is 0 Å². The van der Waals surface area contributed by atoms with Gasteiger partial charge in [0.2, 0.25) is 11.8 Å². The Morgan fingerprint density at radius 2 is 0.964 bits per heavy atom. The number of rotatable bonds is 21. The number of carbonyl (C=O) groups is 2. The van der Waals surface area contributed by atoms with Crippen LogP contribution in [0.4, 0.5) is 0 Å². The first-order valence-electron chi connectivity index (χ1n) is 10.5. The van der Waals surface area contributed by atoms with E-state index in [1.54, 1.807) is 0 Å². The molecule has 0 radical (unpaired) electrons. The van der Waals surface area contributed by atoms with E-state index in [1.807, 2.05) is 0 Å². The van der Waals surface area contributed by atoms with E-state index in [4.69, 9.17) is 18.9 Å². The molecule has 0 aliphatic heterocycles. The average molecular weight is 405 g/mol. The third-order valence-corrected chi connectivity index (χ3v) is 3.70. The topological polar surface area (TPSA) is 95.1 Å². The van der Waals surface area contributed by atoms with Gasteiger partial charge >= 0.3 is 0 Å². The summed E-state index contributed by atoms with van der Waals surface area (Å²) in [7, 11) is 0. The van der Waals surface area contributed by atoms with Gasteiger partial charge in [-0.15, -0.1) is 0 Å². The highest BCUT2D eigenvalue weighted by Crippen LogP contribution is 1.90. The van der Waals surface area contributed by atoms with E-state index in [0.717, 1.165) is 51.7 Å². The van der Waals surface area contributed by atoms with Gasteiger partial charge < -0.3 is 29.6 Å². The van der Waals surface area contributed by atoms with Gasteiger partial charge in [-0.2, -0.15) is 0 Å². The number of nitrogens with one attached hydrogen (secondary N) is 2. The van der Waals surface area contributed by atoms with Crippen LogP contribution in [0.1, 0.15) is 52.4 Å². The molecule has 8 nitrogen and oxygen atoms in total. The summed E-state index contributed by atoms with van der Waals surface area (Å²) in [6.07, 6.45) is 5.96. The highest BCUT2D eigenvalue weighted by Gasteiger charge is 2.03. The van der Waals surface area contributed by atoms with E-state index < -0.39 is 0 Å². The van der Waals surface area contributed by atoms with E-state index in [2.05, 4.69) is 24.5 Å². The van der Waals surface area contributed by atoms with Crippen LogP contribution in [0.25, 0.3) is 0 Å². The summed E-state index contributed by atoms with van der Waals surface area (Å²) in [5.74, 6) is -0.320. The average Bonchev–Trinajstić information content (AvgIpc) is 2.69. The minimum absolute atomic E-state index is 0.00964. The molecule has 8 heteroatoms. The Bertz CT molecular complexity index is 335. The van der Waals surface area contributed by atoms with E-state index in [1.165, 1.54) is 0 Å². The first kappa shape index (κ1) is 26.8. The summed E-state index contributed by atoms with van der Waals surface area (Å²) in [6.45, 7) is 8.78. The Balaban J connectivity index is 3.28. The molecule has 0 fully saturated rings. The molecule has 2 amide bonds. The van der Waals surface area contributed by atoms with Crippen LogP contribution >= 0.6 is 0 Å². The van der Waals surface area contributed by atoms with Crippen molar-refractivity contribution in [1.82, 2.24) is 10.6 Å². The van der Waals surface area contributed by atoms with Gasteiger partial charge in [-0.25, -0.2) is 0 Å². The summed E-state index contributed by atoms with van der Waals surface area (Å²) in [6, 6.07) is 0. The van der Waals surface area contributed by atoms with Crippen LogP contribution in [-0.4, -0.2) is 77.8 Å². The van der Waals surface area contributed by atoms with Gasteiger partial charge in [0.1, 0.15) is 13.2 Å². The molecule has 0 aliphatic rings. The van der Waals surface area contributed by atoms with Gasteiger partial charge in [0.15, 0.2) is 0 Å². The van der Waals surface area contributed by atoms with Crippen LogP contribution in [0.15, 0.2) is 0 Å². The molecular weight excluding hydrogens is 364 g/mol. The van der Waals surface area contributed by atoms with Crippen molar-refractivity contribution >= 4 is 11.8 Å². The number of hydrogen-bond acceptors (Lipinski definition) is 6. The van der Waals surface area contributed by atoms with Crippen LogP contribution < -0.4 is 10.6 Å². The molecule has 0 rings (SSSR count). The van der Waals surface area contributed by atoms with Crippen LogP contribution in [0.3, 0.4) is 0 Å². The summed E-state index contributed by atoms with van der Waals surface area (Å²) < 4.78 is 21.3. The molecule has 0 saturated carbocycles. The van der Waals surface area contributed by atoms with Gasteiger partial charge in [-0.3, -0.25) is 9.59 Å². The van der Waals surface area contributed by atoms with Crippen molar-refractivity contribution in [2.75, 3.05) is 65.9 Å². The van der Waals surface area contributed by atoms with Gasteiger partial charge in [-0.1, -0.05) is 26.7 Å². The molecule has 0 aromatic heterocycles. The molecule has 0 unspecified atom stereocenters. The first-order valence-corrected chi connectivity index (χ1v) is 10.5. The monoisotopic (exact) mass is 404 g/mol. The predicted molar refractivity (Wildman–Crippen MR) is 108 cm³/mol. The molecule has 0 bridgehead atoms. The molecule has 0 aromatic rings. The minimum atomic E-state index is -0.160. The van der Waals surface area contributed by atoms with Crippen LogP contribution in [0.2, 0.25) is 0 Å². The fourth-order valence-corrected chi connectivity index (χ4v) is 2.05. The fraction of sp³-hybridized carbons (Fsp3) is 0.900. The fourth-order valence-electron chi connectivity index (χ4n) is 2.05. The maximum Gasteiger partial charge on any atom is 0.246 e. The number of amides is 2. The van der Waals surface area contributed by atoms with Gasteiger partial charge in [0, 0.05) is 39.5 Å². The van der Waals surface area contributed by atoms with Crippen molar-refractivity contribution in [2.24, 2.45) is 0 Å². The van der Waals surface area contributed by atoms with Crippen LogP contribution in [-0.2, 0) is 28.5 Å². The number of unbranched alkanes of at least 4 members (excludes halogenated alkanes) is 2. The standard InChI is InChI=1S/C20H40N2O6/c1-3-5-11-25-13-7-9-21-19(23)17-27-15-16-28-18-20(24)22-10-8-14-26-12-6-4-2/h3-18H2,1-2H3,(H,21,23)(H,22,24). The molecule has 0 saturated heterocycles. The highest BCUT2D eigenvalue weighted by molar-refractivity contribution is 5.77. The van der Waals surface area contributed by atoms with Gasteiger partial charge in [0.25, 0.3) is 0 Å². The Kier molecular flexibility index (Phi) is 21.1. The summed E-state index contributed by atoms with van der Waals surface area (Å²) in [5, 5.41) is 5.54. The number of carbonyl (C=O) groups excluding carboxylic acids is 2. The van der Waals surface area contributed by atoms with E-state index in [-0.39, 0.29) is 38.2 Å². The SMILES string of the molecule is CCCCOCCCNC(=O)COCCOCC(=O)NCCCOCCCC. The Morgan fingerprint density at radius 3 is 1.36 bits per heavy atom. The zero-order chi connectivity index (χ0) is 20.7. The maximum absolute atomic E-state index is 11.6. The third-order valence-electron chi connectivity index (χ3n) is 3.70. The van der Waals surface area contributed by atoms with Crippen molar-refractivity contribution in [3.05, 3.63) is 0 Å². The summed E-state index contributed by atoms with van der Waals surface area (Å²) in [5.41, 5.74) is 0. The molecule has 28 heavy (non-hydrogen) atoms. The van der Waals surface area contributed by atoms with Crippen molar-refractivity contribution in [3.63, 3.8) is 0 Å². The second kappa shape index (κ2) is 22.1. The molecule has 0 aromatic carbocycles. The number of hydrogen-bond donors (Lipinski definition) is 2. The van der Waals surface area contributed by atoms with Crippen molar-refractivity contribution in [3.8, 4) is 0 Å². The predicted octanol–water partition coefficient (Wildman–Crippen LogP) is 1.67. The first-order chi connectivity index (χ1) is 13.7. The molecule has 0 heterocycles. The molecule has 2 N–H and O–H groups in total. The quantitative estimate of drug-likeness (QED) is 0.283. The smallest absolute Gasteiger partial charge is 0.246 e. The lowest BCUT2D eigenvalue weighted by molar-refractivity contribution is -0.129.